The summed E-state index contributed by atoms with van der Waals surface area (Å²) in [5.74, 6) is -0.408. The number of nitrogens with zero attached hydrogens (tertiary/aromatic N) is 3. The maximum atomic E-state index is 12.5. The third-order valence-corrected chi connectivity index (χ3v) is 3.88. The van der Waals surface area contributed by atoms with E-state index in [1.807, 2.05) is 29.0 Å². The van der Waals surface area contributed by atoms with Gasteiger partial charge < -0.3 is 5.32 Å². The van der Waals surface area contributed by atoms with Crippen LogP contribution < -0.4 is 5.32 Å². The fourth-order valence-corrected chi connectivity index (χ4v) is 2.75. The maximum absolute atomic E-state index is 12.5. The van der Waals surface area contributed by atoms with Crippen molar-refractivity contribution in [2.45, 2.75) is 5.16 Å². The zero-order chi connectivity index (χ0) is 16.4. The number of anilines is 1. The molecule has 23 heavy (non-hydrogen) atoms. The number of non-ortho nitro benzene ring substituents is 1. The fraction of sp³-hybridized carbons (Fsp3) is 0.0667. The standard InChI is InChI=1S/C15H12N4O3S/c1-23-15-17-13(12-7-2-3-8-18(12)15)14(20)16-10-5-4-6-11(9-10)19(21)22/h2-9H,1H3,(H,16,20). The van der Waals surface area contributed by atoms with Crippen LogP contribution in [0.4, 0.5) is 11.4 Å². The van der Waals surface area contributed by atoms with Gasteiger partial charge in [0.05, 0.1) is 10.4 Å². The zero-order valence-corrected chi connectivity index (χ0v) is 12.9. The van der Waals surface area contributed by atoms with Crippen molar-refractivity contribution in [1.82, 2.24) is 9.38 Å². The van der Waals surface area contributed by atoms with Gasteiger partial charge >= 0.3 is 0 Å². The first-order chi connectivity index (χ1) is 11.1. The minimum atomic E-state index is -0.506. The SMILES string of the molecule is CSc1nc(C(=O)Nc2cccc([N+](=O)[O-])c2)c2ccccn12. The van der Waals surface area contributed by atoms with Gasteiger partial charge in [0.25, 0.3) is 11.6 Å². The van der Waals surface area contributed by atoms with Gasteiger partial charge in [-0.15, -0.1) is 0 Å². The number of nitrogens with one attached hydrogen (secondary N) is 1. The monoisotopic (exact) mass is 328 g/mol. The highest BCUT2D eigenvalue weighted by Gasteiger charge is 2.17. The molecule has 0 fully saturated rings. The molecule has 0 bridgehead atoms. The molecule has 0 saturated carbocycles. The normalized spacial score (nSPS) is 10.7. The highest BCUT2D eigenvalue weighted by atomic mass is 32.2. The number of hydrogen-bond acceptors (Lipinski definition) is 5. The van der Waals surface area contributed by atoms with Crippen LogP contribution in [0.5, 0.6) is 0 Å². The van der Waals surface area contributed by atoms with E-state index >= 15 is 0 Å². The number of pyridine rings is 1. The van der Waals surface area contributed by atoms with Crippen LogP contribution in [0, 0.1) is 10.1 Å². The Morgan fingerprint density at radius 2 is 2.13 bits per heavy atom. The molecule has 0 aliphatic heterocycles. The van der Waals surface area contributed by atoms with Gasteiger partial charge in [0.1, 0.15) is 0 Å². The summed E-state index contributed by atoms with van der Waals surface area (Å²) in [6, 6.07) is 11.3. The van der Waals surface area contributed by atoms with Gasteiger partial charge in [0, 0.05) is 24.0 Å². The highest BCUT2D eigenvalue weighted by Crippen LogP contribution is 2.22. The van der Waals surface area contributed by atoms with Crippen LogP contribution in [-0.2, 0) is 0 Å². The molecule has 0 aliphatic rings. The number of thioether (sulfide) groups is 1. The van der Waals surface area contributed by atoms with Gasteiger partial charge in [-0.3, -0.25) is 19.3 Å². The van der Waals surface area contributed by atoms with E-state index < -0.39 is 10.8 Å². The number of aromatic nitrogens is 2. The largest absolute Gasteiger partial charge is 0.320 e. The predicted octanol–water partition coefficient (Wildman–Crippen LogP) is 3.22. The number of nitro groups is 1. The van der Waals surface area contributed by atoms with Gasteiger partial charge in [-0.1, -0.05) is 23.9 Å². The first-order valence-corrected chi connectivity index (χ1v) is 7.89. The number of fused-ring (bicyclic) bond motifs is 1. The van der Waals surface area contributed by atoms with E-state index in [0.29, 0.717) is 16.4 Å². The minimum Gasteiger partial charge on any atom is -0.320 e. The second kappa shape index (κ2) is 6.09. The quantitative estimate of drug-likeness (QED) is 0.451. The van der Waals surface area contributed by atoms with Crippen LogP contribution in [0.25, 0.3) is 5.52 Å². The van der Waals surface area contributed by atoms with Crippen LogP contribution in [0.2, 0.25) is 0 Å². The summed E-state index contributed by atoms with van der Waals surface area (Å²) in [6.45, 7) is 0. The number of nitro benzene ring substituents is 1. The Kier molecular flexibility index (Phi) is 3.98. The molecule has 2 heterocycles. The topological polar surface area (TPSA) is 89.5 Å². The summed E-state index contributed by atoms with van der Waals surface area (Å²) in [5, 5.41) is 14.2. The van der Waals surface area contributed by atoms with Gasteiger partial charge in [0.2, 0.25) is 0 Å². The molecule has 0 atom stereocenters. The first-order valence-electron chi connectivity index (χ1n) is 6.67. The average molecular weight is 328 g/mol. The lowest BCUT2D eigenvalue weighted by Gasteiger charge is -2.03. The Bertz CT molecular complexity index is 907. The Hall–Kier alpha value is -2.87. The predicted molar refractivity (Wildman–Crippen MR) is 88.0 cm³/mol. The molecule has 1 aromatic carbocycles. The number of benzene rings is 1. The molecule has 116 valence electrons. The van der Waals surface area contributed by atoms with Crippen LogP contribution in [0.3, 0.4) is 0 Å². The summed E-state index contributed by atoms with van der Waals surface area (Å²) in [5.41, 5.74) is 1.23. The van der Waals surface area contributed by atoms with Gasteiger partial charge in [-0.2, -0.15) is 0 Å². The molecule has 3 aromatic rings. The van der Waals surface area contributed by atoms with Gasteiger partial charge in [-0.05, 0) is 24.5 Å². The van der Waals surface area contributed by atoms with Crippen LogP contribution in [0.1, 0.15) is 10.5 Å². The Labute approximate surface area is 135 Å². The Balaban J connectivity index is 1.95. The van der Waals surface area contributed by atoms with E-state index in [0.717, 1.165) is 0 Å². The van der Waals surface area contributed by atoms with E-state index in [4.69, 9.17) is 0 Å². The fourth-order valence-electron chi connectivity index (χ4n) is 2.21. The molecular formula is C15H12N4O3S. The van der Waals surface area contributed by atoms with Crippen molar-refractivity contribution in [3.05, 3.63) is 64.5 Å². The van der Waals surface area contributed by atoms with Crippen LogP contribution >= 0.6 is 11.8 Å². The molecule has 0 unspecified atom stereocenters. The average Bonchev–Trinajstić information content (AvgIpc) is 2.94. The number of amides is 1. The number of rotatable bonds is 4. The van der Waals surface area contributed by atoms with E-state index in [-0.39, 0.29) is 11.4 Å². The molecule has 2 aromatic heterocycles. The van der Waals surface area contributed by atoms with Crippen molar-refractivity contribution in [3.63, 3.8) is 0 Å². The molecule has 1 amide bonds. The van der Waals surface area contributed by atoms with Crippen molar-refractivity contribution < 1.29 is 9.72 Å². The summed E-state index contributed by atoms with van der Waals surface area (Å²) in [6.07, 6.45) is 3.71. The Morgan fingerprint density at radius 1 is 1.30 bits per heavy atom. The van der Waals surface area contributed by atoms with E-state index in [1.54, 1.807) is 12.1 Å². The summed E-state index contributed by atoms with van der Waals surface area (Å²) < 4.78 is 1.83. The zero-order valence-electron chi connectivity index (χ0n) is 12.1. The third-order valence-electron chi connectivity index (χ3n) is 3.23. The Morgan fingerprint density at radius 3 is 2.87 bits per heavy atom. The highest BCUT2D eigenvalue weighted by molar-refractivity contribution is 7.98. The summed E-state index contributed by atoms with van der Waals surface area (Å²) in [7, 11) is 0. The van der Waals surface area contributed by atoms with E-state index in [1.165, 1.54) is 30.0 Å². The number of imidazole rings is 1. The molecule has 1 N–H and O–H groups in total. The molecular weight excluding hydrogens is 316 g/mol. The smallest absolute Gasteiger partial charge is 0.276 e. The minimum absolute atomic E-state index is 0.0812. The van der Waals surface area contributed by atoms with E-state index in [9.17, 15) is 14.9 Å². The lowest BCUT2D eigenvalue weighted by molar-refractivity contribution is -0.384. The number of carbonyl (C=O) groups excluding carboxylic acids is 1. The second-order valence-electron chi connectivity index (χ2n) is 4.66. The van der Waals surface area contributed by atoms with Crippen molar-refractivity contribution in [2.75, 3.05) is 11.6 Å². The van der Waals surface area contributed by atoms with Crippen LogP contribution in [-0.4, -0.2) is 26.5 Å². The van der Waals surface area contributed by atoms with E-state index in [2.05, 4.69) is 10.3 Å². The van der Waals surface area contributed by atoms with Crippen molar-refractivity contribution in [2.24, 2.45) is 0 Å². The molecule has 3 rings (SSSR count). The molecule has 0 aliphatic carbocycles. The maximum Gasteiger partial charge on any atom is 0.276 e. The van der Waals surface area contributed by atoms with Gasteiger partial charge in [0.15, 0.2) is 10.9 Å². The van der Waals surface area contributed by atoms with Crippen molar-refractivity contribution in [1.29, 1.82) is 0 Å². The molecule has 0 saturated heterocycles. The summed E-state index contributed by atoms with van der Waals surface area (Å²) in [4.78, 5) is 27.1. The molecule has 7 nitrogen and oxygen atoms in total. The third kappa shape index (κ3) is 2.88. The van der Waals surface area contributed by atoms with Crippen LogP contribution in [0.15, 0.2) is 53.8 Å². The molecule has 8 heteroatoms. The lowest BCUT2D eigenvalue weighted by Crippen LogP contribution is -2.13. The molecule has 0 radical (unpaired) electrons. The van der Waals surface area contributed by atoms with Crippen molar-refractivity contribution >= 4 is 34.6 Å². The second-order valence-corrected chi connectivity index (χ2v) is 5.44. The molecule has 0 spiro atoms. The first kappa shape index (κ1) is 15.0. The van der Waals surface area contributed by atoms with Crippen molar-refractivity contribution in [3.8, 4) is 0 Å². The number of carbonyl (C=O) groups is 1. The number of hydrogen-bond donors (Lipinski definition) is 1. The van der Waals surface area contributed by atoms with Gasteiger partial charge in [-0.25, -0.2) is 4.98 Å². The summed E-state index contributed by atoms with van der Waals surface area (Å²) >= 11 is 1.43. The lowest BCUT2D eigenvalue weighted by atomic mass is 10.2.